The van der Waals surface area contributed by atoms with E-state index in [2.05, 4.69) is 25.2 Å². The zero-order valence-electron chi connectivity index (χ0n) is 16.6. The summed E-state index contributed by atoms with van der Waals surface area (Å²) in [6, 6.07) is 0. The number of hydrogen-bond acceptors (Lipinski definition) is 3. The van der Waals surface area contributed by atoms with Gasteiger partial charge in [0.1, 0.15) is 0 Å². The predicted molar refractivity (Wildman–Crippen MR) is 105 cm³/mol. The van der Waals surface area contributed by atoms with Crippen molar-refractivity contribution in [1.82, 2.24) is 0 Å². The third-order valence-corrected chi connectivity index (χ3v) is 6.84. The molecular formula is C23H34O4. The number of carboxylic acid groups (broad SMARTS) is 1. The van der Waals surface area contributed by atoms with Crippen LogP contribution in [0.2, 0.25) is 0 Å². The van der Waals surface area contributed by atoms with Gasteiger partial charge in [-0.25, -0.2) is 0 Å². The smallest absolute Gasteiger partial charge is 0.303 e. The number of unbranched alkanes of at least 4 members (excludes halogenated alkanes) is 1. The second kappa shape index (κ2) is 9.18. The standard InChI is InChI=1S/C23H34O4/c1-23(15-7-4-8-16-23)21(24)14-11-18-17(19-12-13-20(18)27-19)9-5-2-3-6-10-22(25)26/h2,5,11,14,17-20H,3-4,6-10,12-13,15-16H2,1H3,(H,25,26)/b5-2-,14-11+/t17-,18+,19-,20+/m1/s1. The Balaban J connectivity index is 1.54. The number of carbonyl (C=O) groups is 2. The molecule has 2 aliphatic heterocycles. The fraction of sp³-hybridized carbons (Fsp3) is 0.739. The van der Waals surface area contributed by atoms with Crippen molar-refractivity contribution in [3.63, 3.8) is 0 Å². The second-order valence-electron chi connectivity index (χ2n) is 8.87. The zero-order valence-corrected chi connectivity index (χ0v) is 16.6. The van der Waals surface area contributed by atoms with E-state index in [4.69, 9.17) is 9.84 Å². The average Bonchev–Trinajstić information content (AvgIpc) is 3.24. The monoisotopic (exact) mass is 374 g/mol. The number of carboxylic acids is 1. The van der Waals surface area contributed by atoms with Crippen LogP contribution in [0.4, 0.5) is 0 Å². The fourth-order valence-electron chi connectivity index (χ4n) is 5.11. The van der Waals surface area contributed by atoms with E-state index in [0.717, 1.165) is 38.5 Å². The van der Waals surface area contributed by atoms with E-state index >= 15 is 0 Å². The molecule has 0 amide bonds. The number of carbonyl (C=O) groups excluding carboxylic acids is 1. The quantitative estimate of drug-likeness (QED) is 0.347. The molecule has 0 unspecified atom stereocenters. The molecule has 3 fully saturated rings. The minimum atomic E-state index is -0.730. The predicted octanol–water partition coefficient (Wildman–Crippen LogP) is 5.08. The molecule has 1 aliphatic carbocycles. The Labute approximate surface area is 163 Å². The molecule has 4 atom stereocenters. The lowest BCUT2D eigenvalue weighted by molar-refractivity contribution is -0.137. The van der Waals surface area contributed by atoms with Crippen molar-refractivity contribution >= 4 is 11.8 Å². The van der Waals surface area contributed by atoms with E-state index in [1.54, 1.807) is 0 Å². The van der Waals surface area contributed by atoms with Gasteiger partial charge in [0.25, 0.3) is 0 Å². The Kier molecular flexibility index (Phi) is 6.91. The second-order valence-corrected chi connectivity index (χ2v) is 8.87. The molecule has 150 valence electrons. The lowest BCUT2D eigenvalue weighted by atomic mass is 9.72. The molecule has 0 radical (unpaired) electrons. The highest BCUT2D eigenvalue weighted by Gasteiger charge is 2.47. The summed E-state index contributed by atoms with van der Waals surface area (Å²) in [6.07, 6.45) is 19.4. The van der Waals surface area contributed by atoms with E-state index in [9.17, 15) is 9.59 Å². The highest BCUT2D eigenvalue weighted by molar-refractivity contribution is 5.94. The number of allylic oxidation sites excluding steroid dienone is 3. The summed E-state index contributed by atoms with van der Waals surface area (Å²) in [4.78, 5) is 23.3. The zero-order chi connectivity index (χ0) is 19.3. The van der Waals surface area contributed by atoms with E-state index in [0.29, 0.717) is 30.1 Å². The Hall–Kier alpha value is -1.42. The summed E-state index contributed by atoms with van der Waals surface area (Å²) in [5.41, 5.74) is -0.160. The Morgan fingerprint density at radius 3 is 2.59 bits per heavy atom. The maximum Gasteiger partial charge on any atom is 0.303 e. The van der Waals surface area contributed by atoms with Crippen LogP contribution >= 0.6 is 0 Å². The molecule has 2 bridgehead atoms. The number of ketones is 1. The first kappa shape index (κ1) is 20.3. The van der Waals surface area contributed by atoms with Gasteiger partial charge in [-0.1, -0.05) is 44.4 Å². The Morgan fingerprint density at radius 1 is 1.11 bits per heavy atom. The Morgan fingerprint density at radius 2 is 1.85 bits per heavy atom. The van der Waals surface area contributed by atoms with Gasteiger partial charge in [0.15, 0.2) is 5.78 Å². The van der Waals surface area contributed by atoms with Crippen LogP contribution in [0.5, 0.6) is 0 Å². The van der Waals surface area contributed by atoms with Crippen molar-refractivity contribution in [3.8, 4) is 0 Å². The summed E-state index contributed by atoms with van der Waals surface area (Å²) >= 11 is 0. The molecule has 0 aromatic heterocycles. The fourth-order valence-corrected chi connectivity index (χ4v) is 5.11. The minimum absolute atomic E-state index is 0.160. The van der Waals surface area contributed by atoms with Crippen LogP contribution in [0.25, 0.3) is 0 Å². The number of fused-ring (bicyclic) bond motifs is 2. The lowest BCUT2D eigenvalue weighted by Gasteiger charge is -2.31. The molecule has 0 aromatic rings. The molecule has 4 heteroatoms. The van der Waals surface area contributed by atoms with Crippen LogP contribution in [0, 0.1) is 17.3 Å². The van der Waals surface area contributed by atoms with Crippen molar-refractivity contribution in [3.05, 3.63) is 24.3 Å². The van der Waals surface area contributed by atoms with Gasteiger partial charge in [0.2, 0.25) is 0 Å². The topological polar surface area (TPSA) is 63.6 Å². The third kappa shape index (κ3) is 5.10. The van der Waals surface area contributed by atoms with Crippen LogP contribution in [0.3, 0.4) is 0 Å². The molecule has 1 saturated carbocycles. The number of ether oxygens (including phenoxy) is 1. The number of aliphatic carboxylic acids is 1. The third-order valence-electron chi connectivity index (χ3n) is 6.84. The average molecular weight is 375 g/mol. The van der Waals surface area contributed by atoms with Gasteiger partial charge in [0, 0.05) is 17.8 Å². The molecule has 4 nitrogen and oxygen atoms in total. The van der Waals surface area contributed by atoms with Gasteiger partial charge < -0.3 is 9.84 Å². The minimum Gasteiger partial charge on any atom is -0.481 e. The molecule has 1 N–H and O–H groups in total. The molecule has 2 heterocycles. The number of hydrogen-bond donors (Lipinski definition) is 1. The molecule has 3 aliphatic rings. The van der Waals surface area contributed by atoms with Crippen LogP contribution in [0.1, 0.15) is 77.6 Å². The first-order valence-electron chi connectivity index (χ1n) is 10.7. The first-order valence-corrected chi connectivity index (χ1v) is 10.7. The van der Waals surface area contributed by atoms with Crippen molar-refractivity contribution < 1.29 is 19.4 Å². The summed E-state index contributed by atoms with van der Waals surface area (Å²) in [5, 5.41) is 8.69. The highest BCUT2D eigenvalue weighted by Crippen LogP contribution is 2.46. The SMILES string of the molecule is CC1(C(=O)/C=C/[C@H]2[C@@H](C/C=C\CCCC(=O)O)[C@H]3CC[C@@H]2O3)CCCCC1. The first-order chi connectivity index (χ1) is 13.0. The number of rotatable bonds is 9. The van der Waals surface area contributed by atoms with Crippen molar-refractivity contribution in [2.24, 2.45) is 17.3 Å². The van der Waals surface area contributed by atoms with E-state index in [-0.39, 0.29) is 17.9 Å². The van der Waals surface area contributed by atoms with Crippen molar-refractivity contribution in [2.45, 2.75) is 89.8 Å². The van der Waals surface area contributed by atoms with Crippen LogP contribution < -0.4 is 0 Å². The van der Waals surface area contributed by atoms with Gasteiger partial charge in [-0.3, -0.25) is 9.59 Å². The normalized spacial score (nSPS) is 32.5. The van der Waals surface area contributed by atoms with E-state index < -0.39 is 5.97 Å². The maximum atomic E-state index is 12.8. The van der Waals surface area contributed by atoms with Gasteiger partial charge >= 0.3 is 5.97 Å². The van der Waals surface area contributed by atoms with E-state index in [1.165, 1.54) is 19.3 Å². The van der Waals surface area contributed by atoms with Crippen LogP contribution in [-0.2, 0) is 14.3 Å². The summed E-state index contributed by atoms with van der Waals surface area (Å²) in [7, 11) is 0. The maximum absolute atomic E-state index is 12.8. The largest absolute Gasteiger partial charge is 0.481 e. The summed E-state index contributed by atoms with van der Waals surface area (Å²) in [5.74, 6) is 0.352. The van der Waals surface area contributed by atoms with Crippen molar-refractivity contribution in [1.29, 1.82) is 0 Å². The van der Waals surface area contributed by atoms with Crippen LogP contribution in [0.15, 0.2) is 24.3 Å². The molecule has 0 aromatic carbocycles. The van der Waals surface area contributed by atoms with Gasteiger partial charge in [-0.2, -0.15) is 0 Å². The molecule has 27 heavy (non-hydrogen) atoms. The van der Waals surface area contributed by atoms with E-state index in [1.807, 2.05) is 6.08 Å². The van der Waals surface area contributed by atoms with Gasteiger partial charge in [-0.05, 0) is 56.9 Å². The van der Waals surface area contributed by atoms with Gasteiger partial charge in [0.05, 0.1) is 12.2 Å². The van der Waals surface area contributed by atoms with Gasteiger partial charge in [-0.15, -0.1) is 0 Å². The molecule has 3 rings (SSSR count). The van der Waals surface area contributed by atoms with Crippen molar-refractivity contribution in [2.75, 3.05) is 0 Å². The summed E-state index contributed by atoms with van der Waals surface area (Å²) in [6.45, 7) is 2.13. The molecule has 2 saturated heterocycles. The molecule has 0 spiro atoms. The van der Waals surface area contributed by atoms with Crippen LogP contribution in [-0.4, -0.2) is 29.1 Å². The highest BCUT2D eigenvalue weighted by atomic mass is 16.5. The lowest BCUT2D eigenvalue weighted by Crippen LogP contribution is -2.30. The molecular weight excluding hydrogens is 340 g/mol. The Bertz CT molecular complexity index is 585. The summed E-state index contributed by atoms with van der Waals surface area (Å²) < 4.78 is 6.14.